The second kappa shape index (κ2) is 6.41. The van der Waals surface area contributed by atoms with Crippen molar-refractivity contribution in [1.82, 2.24) is 0 Å². The van der Waals surface area contributed by atoms with Crippen LogP contribution in [0, 0.1) is 0 Å². The average molecular weight is 290 g/mol. The van der Waals surface area contributed by atoms with Gasteiger partial charge in [0.25, 0.3) is 0 Å². The summed E-state index contributed by atoms with van der Waals surface area (Å²) in [5.41, 5.74) is 14.2. The molecule has 4 nitrogen and oxygen atoms in total. The van der Waals surface area contributed by atoms with Gasteiger partial charge in [0.1, 0.15) is 0 Å². The number of hydrogen-bond acceptors (Lipinski definition) is 3. The second-order valence-corrected chi connectivity index (χ2v) is 4.84. The number of rotatable bonds is 5. The number of nitrogens with two attached hydrogens (primary N) is 2. The summed E-state index contributed by atoms with van der Waals surface area (Å²) in [7, 11) is 0. The molecule has 0 aromatic heterocycles. The number of carbonyl (C=O) groups excluding carboxylic acids is 1. The molecule has 2 aromatic carbocycles. The number of halogens is 1. The normalized spacial score (nSPS) is 10.3. The fourth-order valence-corrected chi connectivity index (χ4v) is 2.10. The molecule has 0 aliphatic heterocycles. The summed E-state index contributed by atoms with van der Waals surface area (Å²) in [5, 5.41) is 3.59. The quantitative estimate of drug-likeness (QED) is 0.791. The number of carbonyl (C=O) groups is 1. The van der Waals surface area contributed by atoms with E-state index in [9.17, 15) is 4.79 Å². The molecule has 1 amide bonds. The van der Waals surface area contributed by atoms with E-state index in [4.69, 9.17) is 23.1 Å². The van der Waals surface area contributed by atoms with Crippen LogP contribution in [0.5, 0.6) is 0 Å². The monoisotopic (exact) mass is 289 g/mol. The Morgan fingerprint density at radius 2 is 1.75 bits per heavy atom. The standard InChI is InChI=1S/C15H16ClN3O/c16-14-7-12(5-6-13(14)15(18)20)19-9-11-3-1-10(8-17)2-4-11/h1-7,19H,8-9,17H2,(H2,18,20). The molecule has 0 atom stereocenters. The lowest BCUT2D eigenvalue weighted by molar-refractivity contribution is 0.100. The van der Waals surface area contributed by atoms with Gasteiger partial charge in [-0.25, -0.2) is 0 Å². The Balaban J connectivity index is 2.03. The van der Waals surface area contributed by atoms with Crippen LogP contribution < -0.4 is 16.8 Å². The first-order valence-corrected chi connectivity index (χ1v) is 6.59. The van der Waals surface area contributed by atoms with Crippen molar-refractivity contribution in [2.24, 2.45) is 11.5 Å². The van der Waals surface area contributed by atoms with Crippen LogP contribution in [0.2, 0.25) is 5.02 Å². The molecule has 20 heavy (non-hydrogen) atoms. The van der Waals surface area contributed by atoms with Gasteiger partial charge < -0.3 is 16.8 Å². The van der Waals surface area contributed by atoms with Gasteiger partial charge in [0.05, 0.1) is 10.6 Å². The third kappa shape index (κ3) is 3.50. The van der Waals surface area contributed by atoms with Crippen LogP contribution in [0.25, 0.3) is 0 Å². The first-order valence-electron chi connectivity index (χ1n) is 6.21. The molecular formula is C15H16ClN3O. The third-order valence-corrected chi connectivity index (χ3v) is 3.30. The van der Waals surface area contributed by atoms with Gasteiger partial charge in [0.2, 0.25) is 5.91 Å². The molecule has 0 aliphatic carbocycles. The summed E-state index contributed by atoms with van der Waals surface area (Å²) in [6.45, 7) is 1.20. The summed E-state index contributed by atoms with van der Waals surface area (Å²) in [6.07, 6.45) is 0. The zero-order valence-electron chi connectivity index (χ0n) is 10.9. The summed E-state index contributed by atoms with van der Waals surface area (Å²) >= 11 is 5.99. The van der Waals surface area contributed by atoms with Crippen molar-refractivity contribution < 1.29 is 4.79 Å². The van der Waals surface area contributed by atoms with Crippen molar-refractivity contribution in [3.8, 4) is 0 Å². The van der Waals surface area contributed by atoms with E-state index in [1.807, 2.05) is 24.3 Å². The SMILES string of the molecule is NCc1ccc(CNc2ccc(C(N)=O)c(Cl)c2)cc1. The number of primary amides is 1. The molecule has 0 fully saturated rings. The van der Waals surface area contributed by atoms with E-state index in [2.05, 4.69) is 5.32 Å². The molecule has 2 rings (SSSR count). The van der Waals surface area contributed by atoms with Crippen molar-refractivity contribution >= 4 is 23.2 Å². The van der Waals surface area contributed by atoms with Crippen molar-refractivity contribution in [3.63, 3.8) is 0 Å². The van der Waals surface area contributed by atoms with E-state index in [0.717, 1.165) is 16.8 Å². The van der Waals surface area contributed by atoms with Crippen LogP contribution in [0.4, 0.5) is 5.69 Å². The predicted octanol–water partition coefficient (Wildman–Crippen LogP) is 2.51. The zero-order valence-corrected chi connectivity index (χ0v) is 11.7. The highest BCUT2D eigenvalue weighted by Gasteiger charge is 2.06. The Kier molecular flexibility index (Phi) is 4.61. The highest BCUT2D eigenvalue weighted by molar-refractivity contribution is 6.34. The molecule has 0 spiro atoms. The largest absolute Gasteiger partial charge is 0.381 e. The fraction of sp³-hybridized carbons (Fsp3) is 0.133. The molecule has 2 aromatic rings. The van der Waals surface area contributed by atoms with Gasteiger partial charge >= 0.3 is 0 Å². The van der Waals surface area contributed by atoms with Crippen LogP contribution in [0.1, 0.15) is 21.5 Å². The molecule has 0 aliphatic rings. The summed E-state index contributed by atoms with van der Waals surface area (Å²) < 4.78 is 0. The number of amides is 1. The lowest BCUT2D eigenvalue weighted by atomic mass is 10.1. The van der Waals surface area contributed by atoms with Gasteiger partial charge in [0.15, 0.2) is 0 Å². The number of anilines is 1. The minimum atomic E-state index is -0.529. The minimum Gasteiger partial charge on any atom is -0.381 e. The lowest BCUT2D eigenvalue weighted by Gasteiger charge is -2.09. The average Bonchev–Trinajstić information content (AvgIpc) is 2.45. The fourth-order valence-electron chi connectivity index (χ4n) is 1.82. The number of nitrogens with one attached hydrogen (secondary N) is 1. The zero-order chi connectivity index (χ0) is 14.5. The van der Waals surface area contributed by atoms with Gasteiger partial charge in [-0.1, -0.05) is 35.9 Å². The molecule has 0 saturated carbocycles. The summed E-state index contributed by atoms with van der Waals surface area (Å²) in [6, 6.07) is 13.1. The van der Waals surface area contributed by atoms with E-state index in [1.54, 1.807) is 18.2 Å². The van der Waals surface area contributed by atoms with E-state index in [-0.39, 0.29) is 0 Å². The van der Waals surface area contributed by atoms with Crippen molar-refractivity contribution in [2.75, 3.05) is 5.32 Å². The van der Waals surface area contributed by atoms with Crippen LogP contribution in [-0.4, -0.2) is 5.91 Å². The van der Waals surface area contributed by atoms with Crippen molar-refractivity contribution in [1.29, 1.82) is 0 Å². The maximum Gasteiger partial charge on any atom is 0.250 e. The minimum absolute atomic E-state index is 0.324. The topological polar surface area (TPSA) is 81.1 Å². The highest BCUT2D eigenvalue weighted by Crippen LogP contribution is 2.21. The third-order valence-electron chi connectivity index (χ3n) is 2.99. The maximum atomic E-state index is 11.1. The Morgan fingerprint density at radius 1 is 1.10 bits per heavy atom. The van der Waals surface area contributed by atoms with Crippen LogP contribution in [0.15, 0.2) is 42.5 Å². The molecule has 104 valence electrons. The van der Waals surface area contributed by atoms with Gasteiger partial charge in [-0.15, -0.1) is 0 Å². The predicted molar refractivity (Wildman–Crippen MR) is 81.6 cm³/mol. The number of benzene rings is 2. The smallest absolute Gasteiger partial charge is 0.250 e. The van der Waals surface area contributed by atoms with Crippen LogP contribution in [0.3, 0.4) is 0 Å². The van der Waals surface area contributed by atoms with Gasteiger partial charge in [-0.05, 0) is 29.3 Å². The molecule has 5 heteroatoms. The van der Waals surface area contributed by atoms with Crippen LogP contribution in [-0.2, 0) is 13.1 Å². The first-order chi connectivity index (χ1) is 9.60. The molecule has 5 N–H and O–H groups in total. The van der Waals surface area contributed by atoms with Crippen molar-refractivity contribution in [2.45, 2.75) is 13.1 Å². The number of hydrogen-bond donors (Lipinski definition) is 3. The van der Waals surface area contributed by atoms with Crippen LogP contribution >= 0.6 is 11.6 Å². The van der Waals surface area contributed by atoms with E-state index < -0.39 is 5.91 Å². The summed E-state index contributed by atoms with van der Waals surface area (Å²) in [5.74, 6) is -0.529. The molecule has 0 radical (unpaired) electrons. The lowest BCUT2D eigenvalue weighted by Crippen LogP contribution is -2.11. The molecule has 0 unspecified atom stereocenters. The van der Waals surface area contributed by atoms with Gasteiger partial charge in [-0.2, -0.15) is 0 Å². The Labute approximate surface area is 122 Å². The first kappa shape index (κ1) is 14.4. The second-order valence-electron chi connectivity index (χ2n) is 4.43. The van der Waals surface area contributed by atoms with Crippen molar-refractivity contribution in [3.05, 3.63) is 64.2 Å². The maximum absolute atomic E-state index is 11.1. The Hall–Kier alpha value is -2.04. The Bertz CT molecular complexity index is 611. The van der Waals surface area contributed by atoms with E-state index in [0.29, 0.717) is 23.7 Å². The van der Waals surface area contributed by atoms with E-state index in [1.165, 1.54) is 0 Å². The molecule has 0 saturated heterocycles. The Morgan fingerprint density at radius 3 is 2.30 bits per heavy atom. The summed E-state index contributed by atoms with van der Waals surface area (Å²) in [4.78, 5) is 11.1. The van der Waals surface area contributed by atoms with E-state index >= 15 is 0 Å². The molecular weight excluding hydrogens is 274 g/mol. The van der Waals surface area contributed by atoms with Gasteiger partial charge in [-0.3, -0.25) is 4.79 Å². The van der Waals surface area contributed by atoms with Gasteiger partial charge in [0, 0.05) is 18.8 Å². The highest BCUT2D eigenvalue weighted by atomic mass is 35.5. The molecule has 0 heterocycles. The molecule has 0 bridgehead atoms.